The molecule has 2 aromatic heterocycles. The van der Waals surface area contributed by atoms with E-state index in [0.29, 0.717) is 32.1 Å². The number of imidazole rings is 2. The fourth-order valence-corrected chi connectivity index (χ4v) is 5.30. The number of hydrogen-bond acceptors (Lipinski definition) is 5. The summed E-state index contributed by atoms with van der Waals surface area (Å²) in [6.07, 6.45) is 14.6. The zero-order valence-corrected chi connectivity index (χ0v) is 21.9. The molecule has 1 unspecified atom stereocenters. The molecule has 194 valence electrons. The zero-order chi connectivity index (χ0) is 25.9. The molecule has 4 heterocycles. The maximum Gasteiger partial charge on any atom is 0.243 e. The lowest BCUT2D eigenvalue weighted by atomic mass is 9.96. The van der Waals surface area contributed by atoms with E-state index >= 15 is 0 Å². The van der Waals surface area contributed by atoms with Crippen molar-refractivity contribution in [2.45, 2.75) is 58.8 Å². The fraction of sp³-hybridized carbons (Fsp3) is 0.429. The summed E-state index contributed by atoms with van der Waals surface area (Å²) in [6, 6.07) is 4.73. The largest absolute Gasteiger partial charge is 0.372 e. The molecule has 0 spiro atoms. The number of allylic oxidation sites excluding steroid dienone is 3. The molecule has 9 nitrogen and oxygen atoms in total. The lowest BCUT2D eigenvalue weighted by molar-refractivity contribution is -0.133. The second kappa shape index (κ2) is 10.6. The van der Waals surface area contributed by atoms with Crippen molar-refractivity contribution in [2.24, 2.45) is 0 Å². The van der Waals surface area contributed by atoms with Crippen molar-refractivity contribution >= 4 is 29.0 Å². The molecule has 0 bridgehead atoms. The lowest BCUT2D eigenvalue weighted by Crippen LogP contribution is -2.40. The summed E-state index contributed by atoms with van der Waals surface area (Å²) in [7, 11) is 2.13. The molecule has 37 heavy (non-hydrogen) atoms. The van der Waals surface area contributed by atoms with E-state index < -0.39 is 0 Å². The highest BCUT2D eigenvalue weighted by molar-refractivity contribution is 5.88. The van der Waals surface area contributed by atoms with Gasteiger partial charge in [-0.2, -0.15) is 0 Å². The Balaban J connectivity index is 1.46. The maximum atomic E-state index is 13.5. The van der Waals surface area contributed by atoms with E-state index in [4.69, 9.17) is 4.98 Å². The van der Waals surface area contributed by atoms with Crippen LogP contribution < -0.4 is 4.90 Å². The van der Waals surface area contributed by atoms with E-state index in [1.54, 1.807) is 17.3 Å². The molecule has 0 radical (unpaired) electrons. The van der Waals surface area contributed by atoms with E-state index in [-0.39, 0.29) is 12.5 Å². The molecule has 5 rings (SSSR count). The third-order valence-corrected chi connectivity index (χ3v) is 7.63. The van der Waals surface area contributed by atoms with Gasteiger partial charge in [-0.05, 0) is 44.9 Å². The van der Waals surface area contributed by atoms with Crippen LogP contribution in [0.5, 0.6) is 0 Å². The van der Waals surface area contributed by atoms with E-state index in [0.717, 1.165) is 48.5 Å². The van der Waals surface area contributed by atoms with Crippen LogP contribution >= 0.6 is 0 Å². The Morgan fingerprint density at radius 2 is 2.11 bits per heavy atom. The average Bonchev–Trinajstić information content (AvgIpc) is 3.52. The van der Waals surface area contributed by atoms with E-state index in [1.807, 2.05) is 36.2 Å². The number of fused-ring (bicyclic) bond motifs is 4. The Morgan fingerprint density at radius 3 is 2.92 bits per heavy atom. The van der Waals surface area contributed by atoms with E-state index in [2.05, 4.69) is 45.1 Å². The molecule has 2 amide bonds. The van der Waals surface area contributed by atoms with Gasteiger partial charge in [0.1, 0.15) is 18.2 Å². The van der Waals surface area contributed by atoms with Gasteiger partial charge in [-0.3, -0.25) is 9.59 Å². The van der Waals surface area contributed by atoms with Crippen molar-refractivity contribution in [1.29, 1.82) is 0 Å². The minimum absolute atomic E-state index is 0.0542. The highest BCUT2D eigenvalue weighted by Crippen LogP contribution is 2.35. The number of hydrogen-bond donors (Lipinski definition) is 0. The van der Waals surface area contributed by atoms with Gasteiger partial charge in [0.25, 0.3) is 0 Å². The van der Waals surface area contributed by atoms with Crippen molar-refractivity contribution in [1.82, 2.24) is 28.9 Å². The number of anilines is 1. The standard InChI is InChI=1S/C28H35N7O2/c1-4-5-6-13-32(20-36)14-11-25-30-28-22-8-7-21(2)31(3)23(22)9-10-24(28)35(25)19-27(37)34-17-16-33-15-12-29-26(33)18-34/h4-6,9-10,12-13,15,20-21H,7-8,11,14,16-19H2,1-3H3/b5-4-,13-6-. The molecule has 0 saturated heterocycles. The zero-order valence-electron chi connectivity index (χ0n) is 21.9. The fourth-order valence-electron chi connectivity index (χ4n) is 5.30. The minimum atomic E-state index is 0.0542. The Bertz CT molecular complexity index is 1350. The lowest BCUT2D eigenvalue weighted by Gasteiger charge is -2.34. The summed E-state index contributed by atoms with van der Waals surface area (Å²) < 4.78 is 4.15. The van der Waals surface area contributed by atoms with Gasteiger partial charge in [0, 0.05) is 69.0 Å². The number of amides is 2. The van der Waals surface area contributed by atoms with Crippen molar-refractivity contribution < 1.29 is 9.59 Å². The van der Waals surface area contributed by atoms with E-state index in [9.17, 15) is 9.59 Å². The van der Waals surface area contributed by atoms with Crippen LogP contribution in [0.15, 0.2) is 49.0 Å². The van der Waals surface area contributed by atoms with Gasteiger partial charge in [-0.1, -0.05) is 12.2 Å². The van der Waals surface area contributed by atoms with Gasteiger partial charge in [-0.15, -0.1) is 0 Å². The first-order valence-electron chi connectivity index (χ1n) is 13.0. The molecule has 0 aliphatic carbocycles. The smallest absolute Gasteiger partial charge is 0.243 e. The van der Waals surface area contributed by atoms with Gasteiger partial charge < -0.3 is 23.8 Å². The van der Waals surface area contributed by atoms with Crippen LogP contribution in [0.3, 0.4) is 0 Å². The molecule has 9 heteroatoms. The first kappa shape index (κ1) is 24.8. The van der Waals surface area contributed by atoms with Gasteiger partial charge in [0.2, 0.25) is 12.3 Å². The van der Waals surface area contributed by atoms with Crippen molar-refractivity contribution in [3.63, 3.8) is 0 Å². The van der Waals surface area contributed by atoms with E-state index in [1.165, 1.54) is 11.3 Å². The first-order chi connectivity index (χ1) is 18.0. The predicted molar refractivity (Wildman–Crippen MR) is 144 cm³/mol. The molecule has 0 saturated carbocycles. The molecule has 0 fully saturated rings. The summed E-state index contributed by atoms with van der Waals surface area (Å²) in [6.45, 7) is 6.81. The Labute approximate surface area is 217 Å². The number of aryl methyl sites for hydroxylation is 1. The Morgan fingerprint density at radius 1 is 1.24 bits per heavy atom. The molecule has 1 atom stereocenters. The molecule has 3 aromatic rings. The molecule has 0 N–H and O–H groups in total. The summed E-state index contributed by atoms with van der Waals surface area (Å²) in [5.41, 5.74) is 4.40. The van der Waals surface area contributed by atoms with Crippen LogP contribution in [0.25, 0.3) is 11.0 Å². The van der Waals surface area contributed by atoms with Crippen LogP contribution in [0, 0.1) is 0 Å². The van der Waals surface area contributed by atoms with Crippen LogP contribution in [0.4, 0.5) is 5.69 Å². The first-order valence-corrected chi connectivity index (χ1v) is 13.0. The van der Waals surface area contributed by atoms with Crippen LogP contribution in [-0.4, -0.2) is 67.4 Å². The summed E-state index contributed by atoms with van der Waals surface area (Å²) in [5, 5.41) is 0. The second-order valence-electron chi connectivity index (χ2n) is 9.86. The molecular weight excluding hydrogens is 466 g/mol. The minimum Gasteiger partial charge on any atom is -0.372 e. The van der Waals surface area contributed by atoms with Crippen molar-refractivity contribution in [3.05, 3.63) is 66.2 Å². The van der Waals surface area contributed by atoms with Crippen LogP contribution in [-0.2, 0) is 42.1 Å². The number of rotatable bonds is 8. The molecule has 2 aliphatic rings. The van der Waals surface area contributed by atoms with Gasteiger partial charge in [0.15, 0.2) is 0 Å². The molecule has 2 aliphatic heterocycles. The number of carbonyl (C=O) groups excluding carboxylic acids is 2. The van der Waals surface area contributed by atoms with Crippen LogP contribution in [0.1, 0.15) is 37.5 Å². The molecule has 1 aromatic carbocycles. The number of nitrogens with zero attached hydrogens (tertiary/aromatic N) is 7. The van der Waals surface area contributed by atoms with Gasteiger partial charge in [-0.25, -0.2) is 9.97 Å². The van der Waals surface area contributed by atoms with Gasteiger partial charge >= 0.3 is 0 Å². The molecular formula is C28H35N7O2. The van der Waals surface area contributed by atoms with Crippen LogP contribution in [0.2, 0.25) is 0 Å². The SMILES string of the molecule is C/C=C\C=C/N(C=O)CCc1nc2c3c(ccc2n1CC(=O)N1CCn2ccnc2C1)N(C)C(C)CC3. The predicted octanol–water partition coefficient (Wildman–Crippen LogP) is 3.14. The number of aromatic nitrogens is 4. The summed E-state index contributed by atoms with van der Waals surface area (Å²) in [4.78, 5) is 40.4. The second-order valence-corrected chi connectivity index (χ2v) is 9.86. The number of carbonyl (C=O) groups is 2. The maximum absolute atomic E-state index is 13.5. The summed E-state index contributed by atoms with van der Waals surface area (Å²) in [5.74, 6) is 1.79. The third kappa shape index (κ3) is 4.90. The average molecular weight is 502 g/mol. The summed E-state index contributed by atoms with van der Waals surface area (Å²) >= 11 is 0. The van der Waals surface area contributed by atoms with Crippen molar-refractivity contribution in [3.8, 4) is 0 Å². The quantitative estimate of drug-likeness (QED) is 0.350. The third-order valence-electron chi connectivity index (χ3n) is 7.63. The van der Waals surface area contributed by atoms with Crippen molar-refractivity contribution in [2.75, 3.05) is 25.0 Å². The number of benzene rings is 1. The Hall–Kier alpha value is -3.88. The topological polar surface area (TPSA) is 79.5 Å². The monoisotopic (exact) mass is 501 g/mol. The highest BCUT2D eigenvalue weighted by atomic mass is 16.2. The highest BCUT2D eigenvalue weighted by Gasteiger charge is 2.27. The Kier molecular flexibility index (Phi) is 7.12. The normalized spacial score (nSPS) is 17.5. The van der Waals surface area contributed by atoms with Gasteiger partial charge in [0.05, 0.1) is 17.6 Å².